The van der Waals surface area contributed by atoms with Crippen LogP contribution in [0.3, 0.4) is 0 Å². The minimum absolute atomic E-state index is 0.000528. The minimum atomic E-state index is 0.000528. The summed E-state index contributed by atoms with van der Waals surface area (Å²) in [5.41, 5.74) is 1.88. The lowest BCUT2D eigenvalue weighted by Gasteiger charge is -2.18. The Morgan fingerprint density at radius 3 is 2.67 bits per heavy atom. The number of hydrogen-bond donors (Lipinski definition) is 1. The Morgan fingerprint density at radius 2 is 2.10 bits per heavy atom. The third-order valence-electron chi connectivity index (χ3n) is 4.06. The number of rotatable bonds is 3. The van der Waals surface area contributed by atoms with Crippen molar-refractivity contribution in [1.82, 2.24) is 14.5 Å². The molecule has 0 bridgehead atoms. The Kier molecular flexibility index (Phi) is 3.75. The van der Waals surface area contributed by atoms with Gasteiger partial charge in [0.2, 0.25) is 5.91 Å². The lowest BCUT2D eigenvalue weighted by molar-refractivity contribution is -0.119. The molecule has 0 saturated carbocycles. The van der Waals surface area contributed by atoms with E-state index >= 15 is 0 Å². The third-order valence-corrected chi connectivity index (χ3v) is 4.06. The molecule has 0 radical (unpaired) electrons. The highest BCUT2D eigenvalue weighted by Crippen LogP contribution is 2.18. The van der Waals surface area contributed by atoms with Crippen LogP contribution in [0, 0.1) is 6.92 Å². The van der Waals surface area contributed by atoms with Crippen molar-refractivity contribution in [2.75, 3.05) is 18.9 Å². The molecule has 1 aliphatic heterocycles. The van der Waals surface area contributed by atoms with Gasteiger partial charge in [0.05, 0.1) is 6.04 Å². The predicted octanol–water partition coefficient (Wildman–Crippen LogP) is 2.21. The summed E-state index contributed by atoms with van der Waals surface area (Å²) in [6.07, 6.45) is 5.74. The zero-order valence-corrected chi connectivity index (χ0v) is 12.4. The van der Waals surface area contributed by atoms with Crippen molar-refractivity contribution in [2.45, 2.75) is 25.8 Å². The van der Waals surface area contributed by atoms with Crippen LogP contribution in [0.25, 0.3) is 5.69 Å². The normalized spacial score (nSPS) is 18.9. The molecule has 1 fully saturated rings. The van der Waals surface area contributed by atoms with E-state index in [1.807, 2.05) is 49.0 Å². The maximum absolute atomic E-state index is 12.2. The van der Waals surface area contributed by atoms with E-state index in [0.29, 0.717) is 0 Å². The number of nitrogens with zero attached hydrogens (tertiary/aromatic N) is 3. The van der Waals surface area contributed by atoms with Gasteiger partial charge in [0, 0.05) is 23.8 Å². The fourth-order valence-electron chi connectivity index (χ4n) is 2.82. The summed E-state index contributed by atoms with van der Waals surface area (Å²) in [6.45, 7) is 2.96. The highest BCUT2D eigenvalue weighted by molar-refractivity contribution is 5.95. The molecule has 0 unspecified atom stereocenters. The number of hydrogen-bond acceptors (Lipinski definition) is 3. The second-order valence-electron chi connectivity index (χ2n) is 5.52. The number of likely N-dealkylation sites (tertiary alicyclic amines) is 1. The van der Waals surface area contributed by atoms with Crippen molar-refractivity contribution < 1.29 is 4.79 Å². The predicted molar refractivity (Wildman–Crippen MR) is 82.6 cm³/mol. The topological polar surface area (TPSA) is 50.2 Å². The second kappa shape index (κ2) is 5.69. The molecule has 1 aromatic heterocycles. The van der Waals surface area contributed by atoms with Crippen molar-refractivity contribution in [2.24, 2.45) is 0 Å². The first kappa shape index (κ1) is 13.8. The number of imidazole rings is 1. The lowest BCUT2D eigenvalue weighted by Crippen LogP contribution is -2.37. The summed E-state index contributed by atoms with van der Waals surface area (Å²) in [4.78, 5) is 18.5. The molecule has 1 aromatic carbocycles. The molecule has 3 rings (SSSR count). The van der Waals surface area contributed by atoms with Crippen LogP contribution in [-0.4, -0.2) is 40.0 Å². The minimum Gasteiger partial charge on any atom is -0.325 e. The van der Waals surface area contributed by atoms with Crippen LogP contribution >= 0.6 is 0 Å². The number of likely N-dealkylation sites (N-methyl/N-ethyl adjacent to an activating group) is 1. The number of anilines is 1. The smallest absolute Gasteiger partial charge is 0.241 e. The van der Waals surface area contributed by atoms with Gasteiger partial charge in [-0.25, -0.2) is 4.98 Å². The van der Waals surface area contributed by atoms with Crippen LogP contribution in [0.1, 0.15) is 18.7 Å². The van der Waals surface area contributed by atoms with Crippen LogP contribution < -0.4 is 5.32 Å². The van der Waals surface area contributed by atoms with Crippen molar-refractivity contribution in [3.8, 4) is 5.69 Å². The van der Waals surface area contributed by atoms with Crippen molar-refractivity contribution >= 4 is 11.6 Å². The van der Waals surface area contributed by atoms with Crippen LogP contribution in [0.2, 0.25) is 0 Å². The number of benzene rings is 1. The first-order chi connectivity index (χ1) is 10.1. The van der Waals surface area contributed by atoms with E-state index in [2.05, 4.69) is 15.2 Å². The maximum atomic E-state index is 12.2. The van der Waals surface area contributed by atoms with Gasteiger partial charge in [0.15, 0.2) is 0 Å². The van der Waals surface area contributed by atoms with Gasteiger partial charge >= 0.3 is 0 Å². The molecule has 5 heteroatoms. The number of aromatic nitrogens is 2. The van der Waals surface area contributed by atoms with Gasteiger partial charge < -0.3 is 9.88 Å². The summed E-state index contributed by atoms with van der Waals surface area (Å²) in [7, 11) is 2.00. The van der Waals surface area contributed by atoms with E-state index in [1.54, 1.807) is 6.20 Å². The summed E-state index contributed by atoms with van der Waals surface area (Å²) in [5, 5.41) is 3.00. The van der Waals surface area contributed by atoms with Gasteiger partial charge in [-0.2, -0.15) is 0 Å². The molecule has 2 aromatic rings. The summed E-state index contributed by atoms with van der Waals surface area (Å²) in [6, 6.07) is 7.84. The highest BCUT2D eigenvalue weighted by atomic mass is 16.2. The van der Waals surface area contributed by atoms with E-state index in [-0.39, 0.29) is 11.9 Å². The maximum Gasteiger partial charge on any atom is 0.241 e. The fraction of sp³-hybridized carbons (Fsp3) is 0.375. The number of carbonyl (C=O) groups excluding carboxylic acids is 1. The van der Waals surface area contributed by atoms with Gasteiger partial charge in [-0.1, -0.05) is 0 Å². The molecule has 2 heterocycles. The van der Waals surface area contributed by atoms with Gasteiger partial charge in [0.25, 0.3) is 0 Å². The van der Waals surface area contributed by atoms with Gasteiger partial charge in [-0.3, -0.25) is 9.69 Å². The molecule has 1 N–H and O–H groups in total. The molecule has 5 nitrogen and oxygen atoms in total. The monoisotopic (exact) mass is 284 g/mol. The van der Waals surface area contributed by atoms with Gasteiger partial charge in [-0.05, 0) is 57.6 Å². The average molecular weight is 284 g/mol. The SMILES string of the molecule is Cc1nccn1-c1ccc(NC(=O)[C@H]2CCCN2C)cc1. The molecule has 1 saturated heterocycles. The fourth-order valence-corrected chi connectivity index (χ4v) is 2.82. The zero-order valence-electron chi connectivity index (χ0n) is 12.4. The van der Waals surface area contributed by atoms with E-state index in [0.717, 1.165) is 36.6 Å². The first-order valence-corrected chi connectivity index (χ1v) is 7.26. The second-order valence-corrected chi connectivity index (χ2v) is 5.52. The standard InChI is InChI=1S/C16H20N4O/c1-12-17-9-11-20(12)14-7-5-13(6-8-14)18-16(21)15-4-3-10-19(15)2/h5-9,11,15H,3-4,10H2,1-2H3,(H,18,21)/t15-/m1/s1. The lowest BCUT2D eigenvalue weighted by atomic mass is 10.2. The summed E-state index contributed by atoms with van der Waals surface area (Å²) >= 11 is 0. The summed E-state index contributed by atoms with van der Waals surface area (Å²) < 4.78 is 2.01. The van der Waals surface area contributed by atoms with Crippen molar-refractivity contribution in [3.05, 3.63) is 42.5 Å². The van der Waals surface area contributed by atoms with Crippen LogP contribution in [-0.2, 0) is 4.79 Å². The Morgan fingerprint density at radius 1 is 1.33 bits per heavy atom. The van der Waals surface area contributed by atoms with E-state index in [4.69, 9.17) is 0 Å². The number of aryl methyl sites for hydroxylation is 1. The Bertz CT molecular complexity index is 632. The third kappa shape index (κ3) is 2.83. The molecule has 0 spiro atoms. The Balaban J connectivity index is 1.70. The molecule has 1 atom stereocenters. The molecular formula is C16H20N4O. The number of nitrogens with one attached hydrogen (secondary N) is 1. The molecule has 1 aliphatic rings. The zero-order chi connectivity index (χ0) is 14.8. The number of amides is 1. The molecule has 110 valence electrons. The number of carbonyl (C=O) groups is 1. The Hall–Kier alpha value is -2.14. The van der Waals surface area contributed by atoms with Crippen molar-refractivity contribution in [1.29, 1.82) is 0 Å². The summed E-state index contributed by atoms with van der Waals surface area (Å²) in [5.74, 6) is 1.03. The molecule has 1 amide bonds. The molecule has 0 aliphatic carbocycles. The van der Waals surface area contributed by atoms with Crippen LogP contribution in [0.4, 0.5) is 5.69 Å². The largest absolute Gasteiger partial charge is 0.325 e. The Labute approximate surface area is 124 Å². The van der Waals surface area contributed by atoms with E-state index in [9.17, 15) is 4.79 Å². The molecular weight excluding hydrogens is 264 g/mol. The van der Waals surface area contributed by atoms with Crippen molar-refractivity contribution in [3.63, 3.8) is 0 Å². The van der Waals surface area contributed by atoms with Gasteiger partial charge in [-0.15, -0.1) is 0 Å². The average Bonchev–Trinajstić information content (AvgIpc) is 3.08. The van der Waals surface area contributed by atoms with Gasteiger partial charge in [0.1, 0.15) is 5.82 Å². The molecule has 21 heavy (non-hydrogen) atoms. The van der Waals surface area contributed by atoms with E-state index in [1.165, 1.54) is 0 Å². The highest BCUT2D eigenvalue weighted by Gasteiger charge is 2.27. The quantitative estimate of drug-likeness (QED) is 0.940. The van der Waals surface area contributed by atoms with Crippen LogP contribution in [0.15, 0.2) is 36.7 Å². The van der Waals surface area contributed by atoms with Crippen LogP contribution in [0.5, 0.6) is 0 Å². The first-order valence-electron chi connectivity index (χ1n) is 7.26. The van der Waals surface area contributed by atoms with E-state index < -0.39 is 0 Å².